The van der Waals surface area contributed by atoms with E-state index in [4.69, 9.17) is 28.4 Å². The van der Waals surface area contributed by atoms with Crippen LogP contribution in [0.25, 0.3) is 0 Å². The number of carbonyl (C=O) groups is 2. The van der Waals surface area contributed by atoms with E-state index >= 15 is 0 Å². The van der Waals surface area contributed by atoms with E-state index < -0.39 is 0 Å². The van der Waals surface area contributed by atoms with Crippen LogP contribution in [-0.4, -0.2) is 75.0 Å². The van der Waals surface area contributed by atoms with Crippen molar-refractivity contribution in [2.24, 2.45) is 0 Å². The number of ether oxygens (including phenoxy) is 6. The normalized spacial score (nSPS) is 25.7. The van der Waals surface area contributed by atoms with Crippen molar-refractivity contribution < 1.29 is 38.0 Å². The van der Waals surface area contributed by atoms with Crippen LogP contribution in [0.5, 0.6) is 0 Å². The summed E-state index contributed by atoms with van der Waals surface area (Å²) < 4.78 is 35.0. The van der Waals surface area contributed by atoms with E-state index in [0.717, 1.165) is 161 Å². The second kappa shape index (κ2) is 20.7. The molecule has 0 N–H and O–H groups in total. The van der Waals surface area contributed by atoms with Crippen LogP contribution in [0, 0.1) is 0 Å². The van der Waals surface area contributed by atoms with Gasteiger partial charge in [-0.2, -0.15) is 0 Å². The average Bonchev–Trinajstić information content (AvgIpc) is 3.84. The van der Waals surface area contributed by atoms with Crippen molar-refractivity contribution >= 4 is 11.9 Å². The Labute approximate surface area is 260 Å². The molecule has 0 aromatic heterocycles. The molecule has 0 amide bonds. The Balaban J connectivity index is 1.04. The lowest BCUT2D eigenvalue weighted by atomic mass is 10.0. The van der Waals surface area contributed by atoms with Crippen molar-refractivity contribution in [3.8, 4) is 0 Å². The number of esters is 2. The highest BCUT2D eigenvalue weighted by Gasteiger charge is 2.25. The number of rotatable bonds is 22. The molecule has 0 radical (unpaired) electrons. The molecule has 4 aliphatic heterocycles. The monoisotopic (exact) mass is 608 g/mol. The lowest BCUT2D eigenvalue weighted by molar-refractivity contribution is -0.151. The van der Waals surface area contributed by atoms with Crippen molar-refractivity contribution in [1.29, 1.82) is 0 Å². The summed E-state index contributed by atoms with van der Waals surface area (Å²) in [6, 6.07) is 0. The second-order valence-corrected chi connectivity index (χ2v) is 13.3. The third-order valence-corrected chi connectivity index (χ3v) is 9.70. The van der Waals surface area contributed by atoms with Crippen LogP contribution in [0.4, 0.5) is 0 Å². The highest BCUT2D eigenvalue weighted by Crippen LogP contribution is 2.25. The van der Waals surface area contributed by atoms with Gasteiger partial charge in [0, 0.05) is 39.3 Å². The predicted molar refractivity (Wildman–Crippen MR) is 165 cm³/mol. The van der Waals surface area contributed by atoms with Gasteiger partial charge in [0.2, 0.25) is 0 Å². The van der Waals surface area contributed by atoms with Gasteiger partial charge in [-0.25, -0.2) is 0 Å². The summed E-state index contributed by atoms with van der Waals surface area (Å²) in [5, 5.41) is 0. The first-order valence-corrected chi connectivity index (χ1v) is 18.0. The van der Waals surface area contributed by atoms with Gasteiger partial charge in [-0.1, -0.05) is 19.3 Å². The van der Waals surface area contributed by atoms with E-state index in [1.807, 2.05) is 0 Å². The maximum atomic E-state index is 12.6. The van der Waals surface area contributed by atoms with Gasteiger partial charge in [0.05, 0.1) is 24.4 Å². The molecule has 4 aliphatic rings. The average molecular weight is 609 g/mol. The second-order valence-electron chi connectivity index (χ2n) is 13.3. The minimum Gasteiger partial charge on any atom is -0.462 e. The van der Waals surface area contributed by atoms with Crippen LogP contribution in [0.1, 0.15) is 148 Å². The fraction of sp³-hybridized carbons (Fsp3) is 0.943. The Hall–Kier alpha value is -1.22. The summed E-state index contributed by atoms with van der Waals surface area (Å²) in [5.41, 5.74) is 0. The van der Waals surface area contributed by atoms with Crippen molar-refractivity contribution in [2.45, 2.75) is 184 Å². The standard InChI is InChI=1S/C35H60O8/c36-34(42-32(20-16-28-10-6-24-38-28)21-17-29-11-7-25-39-29)14-4-2-1-3-5-15-35(37)43-33(22-18-30-12-8-26-40-30)23-19-31-13-9-27-41-31/h28-33H,1-27H2/t28-,29-,30-,31-/m0/s1. The van der Waals surface area contributed by atoms with Gasteiger partial charge in [-0.05, 0) is 116 Å². The van der Waals surface area contributed by atoms with Crippen molar-refractivity contribution in [3.63, 3.8) is 0 Å². The van der Waals surface area contributed by atoms with Gasteiger partial charge in [0.25, 0.3) is 0 Å². The summed E-state index contributed by atoms with van der Waals surface area (Å²) in [6.45, 7) is 3.44. The van der Waals surface area contributed by atoms with Crippen LogP contribution in [0.15, 0.2) is 0 Å². The molecule has 248 valence electrons. The van der Waals surface area contributed by atoms with Gasteiger partial charge in [0.1, 0.15) is 12.2 Å². The molecule has 0 aliphatic carbocycles. The fourth-order valence-corrected chi connectivity index (χ4v) is 7.06. The van der Waals surface area contributed by atoms with E-state index in [1.165, 1.54) is 0 Å². The smallest absolute Gasteiger partial charge is 0.306 e. The summed E-state index contributed by atoms with van der Waals surface area (Å²) in [4.78, 5) is 25.3. The lowest BCUT2D eigenvalue weighted by Gasteiger charge is -2.21. The number of hydrogen-bond donors (Lipinski definition) is 0. The van der Waals surface area contributed by atoms with E-state index in [2.05, 4.69) is 0 Å². The first-order chi connectivity index (χ1) is 21.1. The van der Waals surface area contributed by atoms with Crippen molar-refractivity contribution in [1.82, 2.24) is 0 Å². The predicted octanol–water partition coefficient (Wildman–Crippen LogP) is 7.38. The van der Waals surface area contributed by atoms with Crippen LogP contribution in [-0.2, 0) is 38.0 Å². The molecule has 4 saturated heterocycles. The van der Waals surface area contributed by atoms with E-state index in [9.17, 15) is 9.59 Å². The summed E-state index contributed by atoms with van der Waals surface area (Å²) in [7, 11) is 0. The number of carbonyl (C=O) groups excluding carboxylic acids is 2. The molecule has 4 atom stereocenters. The zero-order valence-electron chi connectivity index (χ0n) is 26.8. The first kappa shape index (κ1) is 34.6. The highest BCUT2D eigenvalue weighted by atomic mass is 16.5. The highest BCUT2D eigenvalue weighted by molar-refractivity contribution is 5.69. The largest absolute Gasteiger partial charge is 0.462 e. The first-order valence-electron chi connectivity index (χ1n) is 18.0. The molecule has 8 nitrogen and oxygen atoms in total. The van der Waals surface area contributed by atoms with Gasteiger partial charge in [0.15, 0.2) is 0 Å². The number of hydrogen-bond acceptors (Lipinski definition) is 8. The molecular weight excluding hydrogens is 548 g/mol. The van der Waals surface area contributed by atoms with Crippen LogP contribution in [0.3, 0.4) is 0 Å². The molecule has 8 heteroatoms. The van der Waals surface area contributed by atoms with Gasteiger partial charge in [-0.3, -0.25) is 9.59 Å². The van der Waals surface area contributed by atoms with Gasteiger partial charge in [-0.15, -0.1) is 0 Å². The van der Waals surface area contributed by atoms with E-state index in [1.54, 1.807) is 0 Å². The molecular formula is C35H60O8. The maximum Gasteiger partial charge on any atom is 0.306 e. The molecule has 0 bridgehead atoms. The Morgan fingerprint density at radius 2 is 0.791 bits per heavy atom. The topological polar surface area (TPSA) is 89.5 Å². The third-order valence-electron chi connectivity index (χ3n) is 9.70. The zero-order chi connectivity index (χ0) is 30.0. The molecule has 0 spiro atoms. The molecule has 4 heterocycles. The Morgan fingerprint density at radius 3 is 1.07 bits per heavy atom. The molecule has 4 fully saturated rings. The van der Waals surface area contributed by atoms with Crippen LogP contribution >= 0.6 is 0 Å². The Bertz CT molecular complexity index is 649. The number of unbranched alkanes of at least 4 members (excludes halogenated alkanes) is 4. The fourth-order valence-electron chi connectivity index (χ4n) is 7.06. The molecule has 0 saturated carbocycles. The van der Waals surface area contributed by atoms with Gasteiger partial charge < -0.3 is 28.4 Å². The molecule has 0 aromatic carbocycles. The molecule has 0 aromatic rings. The van der Waals surface area contributed by atoms with Crippen LogP contribution < -0.4 is 0 Å². The zero-order valence-corrected chi connectivity index (χ0v) is 26.8. The summed E-state index contributed by atoms with van der Waals surface area (Å²) in [5.74, 6) is -0.157. The van der Waals surface area contributed by atoms with E-state index in [0.29, 0.717) is 37.3 Å². The Kier molecular flexibility index (Phi) is 16.7. The third kappa shape index (κ3) is 14.6. The molecule has 4 rings (SSSR count). The van der Waals surface area contributed by atoms with Crippen molar-refractivity contribution in [3.05, 3.63) is 0 Å². The molecule has 0 unspecified atom stereocenters. The van der Waals surface area contributed by atoms with Gasteiger partial charge >= 0.3 is 11.9 Å². The molecule has 43 heavy (non-hydrogen) atoms. The Morgan fingerprint density at radius 1 is 0.488 bits per heavy atom. The van der Waals surface area contributed by atoms with Crippen LogP contribution in [0.2, 0.25) is 0 Å². The SMILES string of the molecule is O=C(CCCCCCCC(=O)OC(CC[C@@H]1CCCO1)CC[C@@H]1CCCO1)OC(CC[C@@H]1CCCO1)CC[C@@H]1CCCO1. The summed E-state index contributed by atoms with van der Waals surface area (Å²) in [6.07, 6.45) is 23.2. The minimum absolute atomic E-state index is 0.0351. The minimum atomic E-state index is -0.0784. The maximum absolute atomic E-state index is 12.6. The quantitative estimate of drug-likeness (QED) is 0.0929. The lowest BCUT2D eigenvalue weighted by Crippen LogP contribution is -2.22. The summed E-state index contributed by atoms with van der Waals surface area (Å²) >= 11 is 0. The van der Waals surface area contributed by atoms with Crippen molar-refractivity contribution in [2.75, 3.05) is 26.4 Å². The van der Waals surface area contributed by atoms with E-state index in [-0.39, 0.29) is 24.1 Å².